The second-order valence-corrected chi connectivity index (χ2v) is 37.0. The molecule has 122 heavy (non-hydrogen) atoms. The van der Waals surface area contributed by atoms with Crippen molar-refractivity contribution in [3.63, 3.8) is 0 Å². The maximum atomic E-state index is 8.03. The smallest absolute Gasteiger partial charge is 0.264 e. The predicted octanol–water partition coefficient (Wildman–Crippen LogP) is 24.3. The first-order valence-electron chi connectivity index (χ1n) is 42.3. The Morgan fingerprint density at radius 3 is 0.836 bits per heavy atom. The van der Waals surface area contributed by atoms with E-state index in [0.29, 0.717) is 0 Å². The molecule has 8 heterocycles. The minimum atomic E-state index is -0.408. The van der Waals surface area contributed by atoms with Crippen LogP contribution < -0.4 is 91.6 Å². The summed E-state index contributed by atoms with van der Waals surface area (Å²) < 4.78 is 18.7. The summed E-state index contributed by atoms with van der Waals surface area (Å²) in [7, 11) is 0. The summed E-state index contributed by atoms with van der Waals surface area (Å²) >= 11 is 3.92. The molecule has 2 aromatic heterocycles. The highest BCUT2D eigenvalue weighted by Gasteiger charge is 2.52. The third-order valence-corrected chi connectivity index (χ3v) is 28.4. The standard InChI is InChI=1S/C108H84B3N7O2S2/c1-69-37-33-35-55-86(69)117-88-65-96-84(63-82(88)110-102-90(115(77-51-29-15-30-52-77)94-67-100(107(3,4)5)121-105(94)110)57-79(59-92(102)117)112(71-39-17-9-18-40-71)72-41-19-10-20-42-72)109-85-64-83-89(66-97(85)120-99-62-81(61-98(119-96)104(99)109)114(75-47-25-13-26-48-75)76-49-27-14-28-50-76)118(87-56-36-34-38-70(87)2)93-60-80(113(73-43-21-11-22-44-73)74-45-23-12-24-46-74)58-91-103(93)111(83)106-95(68-101(122-106)108(6,7)8)116(91)78-53-31-16-32-54-78/h9-68H,1-8H3. The first-order valence-corrected chi connectivity index (χ1v) is 43.9. The third kappa shape index (κ3) is 11.7. The molecule has 14 heteroatoms. The summed E-state index contributed by atoms with van der Waals surface area (Å²) in [5, 5.41) is 0. The van der Waals surface area contributed by atoms with Crippen molar-refractivity contribution in [1.29, 1.82) is 0 Å². The van der Waals surface area contributed by atoms with Gasteiger partial charge in [0, 0.05) is 140 Å². The van der Waals surface area contributed by atoms with Crippen molar-refractivity contribution in [1.82, 2.24) is 0 Å². The Morgan fingerprint density at radius 1 is 0.238 bits per heavy atom. The Hall–Kier alpha value is -13.9. The van der Waals surface area contributed by atoms with Gasteiger partial charge in [-0.1, -0.05) is 236 Å². The van der Waals surface area contributed by atoms with Crippen LogP contribution in [-0.4, -0.2) is 20.1 Å². The average molecular weight is 1610 g/mol. The molecule has 6 aliphatic heterocycles. The van der Waals surface area contributed by atoms with Crippen LogP contribution in [0.2, 0.25) is 0 Å². The van der Waals surface area contributed by atoms with Crippen LogP contribution in [0.15, 0.2) is 364 Å². The zero-order valence-corrected chi connectivity index (χ0v) is 70.8. The molecule has 0 saturated heterocycles. The van der Waals surface area contributed by atoms with E-state index in [0.717, 1.165) is 159 Å². The Bertz CT molecular complexity index is 6510. The maximum Gasteiger partial charge on any atom is 0.264 e. The van der Waals surface area contributed by atoms with Crippen LogP contribution in [0.3, 0.4) is 0 Å². The summed E-state index contributed by atoms with van der Waals surface area (Å²) in [5.74, 6) is 3.04. The van der Waals surface area contributed by atoms with Crippen molar-refractivity contribution in [3.8, 4) is 23.0 Å². The first-order chi connectivity index (χ1) is 59.6. The van der Waals surface area contributed by atoms with E-state index < -0.39 is 6.71 Å². The van der Waals surface area contributed by atoms with Crippen molar-refractivity contribution in [2.24, 2.45) is 0 Å². The van der Waals surface area contributed by atoms with Crippen LogP contribution in [-0.2, 0) is 10.8 Å². The molecule has 15 aromatic carbocycles. The zero-order chi connectivity index (χ0) is 82.0. The number of hydrogen-bond acceptors (Lipinski definition) is 11. The molecule has 0 atom stereocenters. The molecule has 584 valence electrons. The van der Waals surface area contributed by atoms with Crippen molar-refractivity contribution in [2.45, 2.75) is 66.2 Å². The number of rotatable bonds is 13. The van der Waals surface area contributed by atoms with Gasteiger partial charge in [0.2, 0.25) is 0 Å². The molecule has 0 radical (unpaired) electrons. The monoisotopic (exact) mass is 1610 g/mol. The summed E-state index contributed by atoms with van der Waals surface area (Å²) in [4.78, 5) is 20.1. The second-order valence-electron chi connectivity index (χ2n) is 34.9. The van der Waals surface area contributed by atoms with E-state index in [1.165, 1.54) is 52.5 Å². The average Bonchev–Trinajstić information content (AvgIpc) is 1.09. The van der Waals surface area contributed by atoms with Gasteiger partial charge in [-0.15, -0.1) is 0 Å². The van der Waals surface area contributed by atoms with Gasteiger partial charge in [-0.3, -0.25) is 0 Å². The highest BCUT2D eigenvalue weighted by atomic mass is 32.1. The number of ether oxygens (including phenoxy) is 2. The third-order valence-electron chi connectivity index (χ3n) is 25.2. The van der Waals surface area contributed by atoms with E-state index in [1.54, 1.807) is 0 Å². The van der Waals surface area contributed by atoms with E-state index in [-0.39, 0.29) is 24.3 Å². The fourth-order valence-corrected chi connectivity index (χ4v) is 22.4. The lowest BCUT2D eigenvalue weighted by Crippen LogP contribution is -2.64. The van der Waals surface area contributed by atoms with Gasteiger partial charge in [0.1, 0.15) is 23.0 Å². The number of nitrogens with zero attached hydrogens (tertiary/aromatic N) is 7. The summed E-state index contributed by atoms with van der Waals surface area (Å²) in [6, 6.07) is 134. The van der Waals surface area contributed by atoms with Crippen LogP contribution in [0.5, 0.6) is 23.0 Å². The summed E-state index contributed by atoms with van der Waals surface area (Å²) in [6.07, 6.45) is 0. The molecule has 0 aliphatic carbocycles. The minimum absolute atomic E-state index is 0.184. The van der Waals surface area contributed by atoms with E-state index in [4.69, 9.17) is 9.47 Å². The number of thiophene rings is 2. The van der Waals surface area contributed by atoms with Gasteiger partial charge in [-0.2, -0.15) is 22.7 Å². The summed E-state index contributed by atoms with van der Waals surface area (Å²) in [5.41, 5.74) is 32.5. The highest BCUT2D eigenvalue weighted by Crippen LogP contribution is 2.55. The topological polar surface area (TPSA) is 41.1 Å². The van der Waals surface area contributed by atoms with Crippen molar-refractivity contribution >= 4 is 210 Å². The van der Waals surface area contributed by atoms with Crippen LogP contribution in [0.25, 0.3) is 0 Å². The molecule has 9 nitrogen and oxygen atoms in total. The van der Waals surface area contributed by atoms with Gasteiger partial charge in [0.25, 0.3) is 20.1 Å². The molecule has 6 aliphatic rings. The summed E-state index contributed by atoms with van der Waals surface area (Å²) in [6.45, 7) is 17.8. The number of aryl methyl sites for hydroxylation is 2. The van der Waals surface area contributed by atoms with E-state index in [1.807, 2.05) is 22.7 Å². The Balaban J connectivity index is 0.825. The molecule has 0 fully saturated rings. The highest BCUT2D eigenvalue weighted by molar-refractivity contribution is 7.30. The van der Waals surface area contributed by atoms with Crippen molar-refractivity contribution in [2.75, 3.05) is 34.3 Å². The SMILES string of the molecule is Cc1ccccc1N1c2cc3c(cc2B2c4sc(C(C)(C)C)cc4N(c4ccccc4)c4cc(N(c5ccccc5)c5ccccc5)cc1c42)B1c2cc4c(cc2Oc2cc(N(c5ccccc5)c5ccccc5)cc(c21)O3)N(c1ccccc1C)c1cc(N(c2ccccc2)c2ccccc2)cc2c1B4c1sc(C(C)(C)C)cc1N2c1ccccc1. The zero-order valence-electron chi connectivity index (χ0n) is 69.1. The molecule has 0 amide bonds. The Labute approximate surface area is 722 Å². The molecule has 0 unspecified atom stereocenters. The molecule has 0 saturated carbocycles. The van der Waals surface area contributed by atoms with Gasteiger partial charge in [-0.05, 0) is 214 Å². The number of fused-ring (bicyclic) bond motifs is 12. The first kappa shape index (κ1) is 73.3. The predicted molar refractivity (Wildman–Crippen MR) is 519 cm³/mol. The molecular weight excluding hydrogens is 1520 g/mol. The minimum Gasteiger partial charge on any atom is -0.458 e. The van der Waals surface area contributed by atoms with Gasteiger partial charge in [0.05, 0.1) is 28.4 Å². The van der Waals surface area contributed by atoms with Crippen LogP contribution in [0.4, 0.5) is 119 Å². The lowest BCUT2D eigenvalue weighted by atomic mass is 9.31. The number of benzene rings is 15. The van der Waals surface area contributed by atoms with Crippen LogP contribution in [0.1, 0.15) is 62.4 Å². The van der Waals surface area contributed by atoms with Crippen LogP contribution >= 0.6 is 22.7 Å². The Morgan fingerprint density at radius 2 is 0.525 bits per heavy atom. The number of hydrogen-bond donors (Lipinski definition) is 0. The lowest BCUT2D eigenvalue weighted by Gasteiger charge is -2.45. The van der Waals surface area contributed by atoms with E-state index >= 15 is 0 Å². The van der Waals surface area contributed by atoms with Crippen LogP contribution in [0, 0.1) is 13.8 Å². The number of anilines is 21. The van der Waals surface area contributed by atoms with Gasteiger partial charge < -0.3 is 43.8 Å². The Kier molecular flexibility index (Phi) is 17.0. The van der Waals surface area contributed by atoms with Gasteiger partial charge in [0.15, 0.2) is 0 Å². The van der Waals surface area contributed by atoms with Crippen molar-refractivity contribution < 1.29 is 9.47 Å². The molecule has 0 N–H and O–H groups in total. The largest absolute Gasteiger partial charge is 0.458 e. The molecular formula is C108H84B3N7O2S2. The quantitative estimate of drug-likeness (QED) is 0.105. The van der Waals surface area contributed by atoms with Gasteiger partial charge >= 0.3 is 0 Å². The fourth-order valence-electron chi connectivity index (χ4n) is 19.7. The van der Waals surface area contributed by atoms with E-state index in [2.05, 4.69) is 454 Å². The molecule has 0 spiro atoms. The number of para-hydroxylation sites is 10. The van der Waals surface area contributed by atoms with Crippen molar-refractivity contribution in [3.05, 3.63) is 385 Å². The fraction of sp³-hybridized carbons (Fsp3) is 0.0926. The van der Waals surface area contributed by atoms with Gasteiger partial charge in [-0.25, -0.2) is 0 Å². The lowest BCUT2D eigenvalue weighted by molar-refractivity contribution is 0.465. The second kappa shape index (κ2) is 28.4. The normalized spacial score (nSPS) is 13.4. The molecule has 23 rings (SSSR count). The molecule has 17 aromatic rings. The maximum absolute atomic E-state index is 8.03. The molecule has 0 bridgehead atoms. The van der Waals surface area contributed by atoms with E-state index in [9.17, 15) is 0 Å².